The smallest absolute Gasteiger partial charge is 0.164 e. The molecule has 1 fully saturated rings. The topological polar surface area (TPSA) is 53.3 Å². The molecule has 0 saturated carbocycles. The zero-order valence-electron chi connectivity index (χ0n) is 10.2. The number of ketones is 1. The van der Waals surface area contributed by atoms with Crippen LogP contribution in [0.25, 0.3) is 0 Å². The Hall–Kier alpha value is -1.70. The summed E-state index contributed by atoms with van der Waals surface area (Å²) in [6, 6.07) is 11.2. The van der Waals surface area contributed by atoms with Crippen molar-refractivity contribution in [3.05, 3.63) is 35.9 Å². The Morgan fingerprint density at radius 2 is 2.22 bits per heavy atom. The molecule has 1 saturated heterocycles. The quantitative estimate of drug-likeness (QED) is 0.753. The molecule has 0 aliphatic carbocycles. The van der Waals surface area contributed by atoms with Crippen LogP contribution in [0.1, 0.15) is 16.8 Å². The lowest BCUT2D eigenvalue weighted by Crippen LogP contribution is -2.45. The summed E-state index contributed by atoms with van der Waals surface area (Å²) in [6.07, 6.45) is 0.447. The van der Waals surface area contributed by atoms with Gasteiger partial charge in [0.05, 0.1) is 19.3 Å². The average molecular weight is 244 g/mol. The lowest BCUT2D eigenvalue weighted by atomic mass is 10.1. The molecule has 1 aliphatic heterocycles. The Labute approximate surface area is 107 Å². The van der Waals surface area contributed by atoms with Gasteiger partial charge in [-0.15, -0.1) is 0 Å². The lowest BCUT2D eigenvalue weighted by Gasteiger charge is -2.30. The van der Waals surface area contributed by atoms with E-state index in [0.717, 1.165) is 12.1 Å². The van der Waals surface area contributed by atoms with Crippen molar-refractivity contribution in [1.82, 2.24) is 4.90 Å². The van der Waals surface area contributed by atoms with Crippen LogP contribution in [-0.2, 0) is 4.74 Å². The van der Waals surface area contributed by atoms with E-state index in [-0.39, 0.29) is 11.8 Å². The highest BCUT2D eigenvalue weighted by Crippen LogP contribution is 2.09. The first kappa shape index (κ1) is 12.7. The number of Topliss-reactive ketones (excluding diaryl/α,β-unsaturated/α-hetero) is 1. The van der Waals surface area contributed by atoms with E-state index in [1.165, 1.54) is 0 Å². The molecule has 4 heteroatoms. The molecular weight excluding hydrogens is 228 g/mol. The van der Waals surface area contributed by atoms with Gasteiger partial charge in [-0.3, -0.25) is 9.69 Å². The van der Waals surface area contributed by atoms with Gasteiger partial charge in [-0.2, -0.15) is 5.26 Å². The van der Waals surface area contributed by atoms with E-state index >= 15 is 0 Å². The largest absolute Gasteiger partial charge is 0.377 e. The zero-order valence-corrected chi connectivity index (χ0v) is 10.2. The van der Waals surface area contributed by atoms with E-state index in [1.54, 1.807) is 0 Å². The molecule has 0 unspecified atom stereocenters. The van der Waals surface area contributed by atoms with Gasteiger partial charge in [-0.1, -0.05) is 30.3 Å². The fourth-order valence-electron chi connectivity index (χ4n) is 2.04. The molecule has 0 bridgehead atoms. The number of carbonyl (C=O) groups excluding carboxylic acids is 1. The number of ether oxygens (including phenoxy) is 1. The maximum Gasteiger partial charge on any atom is 0.164 e. The van der Waals surface area contributed by atoms with Crippen molar-refractivity contribution < 1.29 is 9.53 Å². The average Bonchev–Trinajstić information content (AvgIpc) is 2.46. The first-order chi connectivity index (χ1) is 8.81. The van der Waals surface area contributed by atoms with Crippen molar-refractivity contribution in [1.29, 1.82) is 5.26 Å². The third-order valence-corrected chi connectivity index (χ3v) is 3.11. The van der Waals surface area contributed by atoms with Crippen LogP contribution in [0, 0.1) is 11.3 Å². The first-order valence-corrected chi connectivity index (χ1v) is 6.11. The molecule has 1 aliphatic rings. The molecular formula is C14H16N2O2. The summed E-state index contributed by atoms with van der Waals surface area (Å²) in [5.41, 5.74) is 0.735. The molecule has 0 amide bonds. The lowest BCUT2D eigenvalue weighted by molar-refractivity contribution is 0.0127. The Morgan fingerprint density at radius 1 is 1.44 bits per heavy atom. The predicted octanol–water partition coefficient (Wildman–Crippen LogP) is 1.48. The van der Waals surface area contributed by atoms with E-state index in [0.29, 0.717) is 26.2 Å². The number of benzene rings is 1. The van der Waals surface area contributed by atoms with Crippen molar-refractivity contribution in [3.63, 3.8) is 0 Å². The van der Waals surface area contributed by atoms with Crippen LogP contribution in [0.3, 0.4) is 0 Å². The van der Waals surface area contributed by atoms with Crippen LogP contribution < -0.4 is 0 Å². The predicted molar refractivity (Wildman–Crippen MR) is 67.2 cm³/mol. The molecule has 1 heterocycles. The molecule has 2 rings (SSSR count). The minimum atomic E-state index is -0.220. The number of carbonyl (C=O) groups is 1. The molecule has 4 nitrogen and oxygen atoms in total. The Morgan fingerprint density at radius 3 is 2.94 bits per heavy atom. The van der Waals surface area contributed by atoms with Crippen molar-refractivity contribution in [2.45, 2.75) is 12.5 Å². The minimum absolute atomic E-state index is 0.124. The highest BCUT2D eigenvalue weighted by atomic mass is 16.5. The van der Waals surface area contributed by atoms with Gasteiger partial charge in [0.1, 0.15) is 6.04 Å². The molecule has 94 valence electrons. The van der Waals surface area contributed by atoms with Gasteiger partial charge in [-0.05, 0) is 0 Å². The zero-order chi connectivity index (χ0) is 12.8. The second kappa shape index (κ2) is 6.29. The fraction of sp³-hybridized carbons (Fsp3) is 0.429. The van der Waals surface area contributed by atoms with Crippen molar-refractivity contribution in [2.24, 2.45) is 0 Å². The second-order valence-electron chi connectivity index (χ2n) is 4.29. The summed E-state index contributed by atoms with van der Waals surface area (Å²) in [4.78, 5) is 14.0. The van der Waals surface area contributed by atoms with Crippen LogP contribution in [0.5, 0.6) is 0 Å². The number of nitriles is 1. The maximum absolute atomic E-state index is 11.9. The SMILES string of the molecule is N#C[C@H]1COCCN1CCC(=O)c1ccccc1. The van der Waals surface area contributed by atoms with E-state index < -0.39 is 0 Å². The highest BCUT2D eigenvalue weighted by Gasteiger charge is 2.22. The molecule has 0 N–H and O–H groups in total. The summed E-state index contributed by atoms with van der Waals surface area (Å²) < 4.78 is 5.25. The number of nitrogens with zero attached hydrogens (tertiary/aromatic N) is 2. The number of hydrogen-bond donors (Lipinski definition) is 0. The minimum Gasteiger partial charge on any atom is -0.377 e. The van der Waals surface area contributed by atoms with Gasteiger partial charge in [0.15, 0.2) is 5.78 Å². The van der Waals surface area contributed by atoms with Gasteiger partial charge in [0, 0.05) is 25.1 Å². The number of morpholine rings is 1. The Balaban J connectivity index is 1.88. The number of rotatable bonds is 4. The van der Waals surface area contributed by atoms with E-state index in [2.05, 4.69) is 6.07 Å². The molecule has 0 radical (unpaired) electrons. The molecule has 0 aromatic heterocycles. The van der Waals surface area contributed by atoms with Crippen LogP contribution in [-0.4, -0.2) is 43.0 Å². The van der Waals surface area contributed by atoms with Gasteiger partial charge < -0.3 is 4.74 Å². The van der Waals surface area contributed by atoms with Gasteiger partial charge in [0.25, 0.3) is 0 Å². The third-order valence-electron chi connectivity index (χ3n) is 3.11. The van der Waals surface area contributed by atoms with Gasteiger partial charge in [-0.25, -0.2) is 0 Å². The van der Waals surface area contributed by atoms with Crippen LogP contribution in [0.4, 0.5) is 0 Å². The molecule has 1 aromatic rings. The second-order valence-corrected chi connectivity index (χ2v) is 4.29. The van der Waals surface area contributed by atoms with Crippen LogP contribution >= 0.6 is 0 Å². The molecule has 18 heavy (non-hydrogen) atoms. The van der Waals surface area contributed by atoms with Crippen LogP contribution in [0.2, 0.25) is 0 Å². The summed E-state index contributed by atoms with van der Waals surface area (Å²) in [6.45, 7) is 2.42. The van der Waals surface area contributed by atoms with E-state index in [4.69, 9.17) is 10.00 Å². The van der Waals surface area contributed by atoms with Gasteiger partial charge in [0.2, 0.25) is 0 Å². The van der Waals surface area contributed by atoms with E-state index in [9.17, 15) is 4.79 Å². The molecule has 1 atom stereocenters. The van der Waals surface area contributed by atoms with E-state index in [1.807, 2.05) is 35.2 Å². The van der Waals surface area contributed by atoms with Crippen LogP contribution in [0.15, 0.2) is 30.3 Å². The fourth-order valence-corrected chi connectivity index (χ4v) is 2.04. The third kappa shape index (κ3) is 3.16. The Bertz CT molecular complexity index is 439. The van der Waals surface area contributed by atoms with Crippen molar-refractivity contribution in [2.75, 3.05) is 26.3 Å². The summed E-state index contributed by atoms with van der Waals surface area (Å²) in [5, 5.41) is 8.99. The summed E-state index contributed by atoms with van der Waals surface area (Å²) in [7, 11) is 0. The maximum atomic E-state index is 11.9. The summed E-state index contributed by atoms with van der Waals surface area (Å²) in [5.74, 6) is 0.124. The molecule has 0 spiro atoms. The highest BCUT2D eigenvalue weighted by molar-refractivity contribution is 5.96. The van der Waals surface area contributed by atoms with Crippen molar-refractivity contribution in [3.8, 4) is 6.07 Å². The van der Waals surface area contributed by atoms with Crippen molar-refractivity contribution >= 4 is 5.78 Å². The monoisotopic (exact) mass is 244 g/mol. The first-order valence-electron chi connectivity index (χ1n) is 6.11. The van der Waals surface area contributed by atoms with Gasteiger partial charge >= 0.3 is 0 Å². The standard InChI is InChI=1S/C14H16N2O2/c15-10-13-11-18-9-8-16(13)7-6-14(17)12-4-2-1-3-5-12/h1-5,13H,6-9,11H2/t13-/m0/s1. The Kier molecular flexibility index (Phi) is 4.46. The number of hydrogen-bond acceptors (Lipinski definition) is 4. The molecule has 1 aromatic carbocycles. The normalized spacial score (nSPS) is 20.3. The summed E-state index contributed by atoms with van der Waals surface area (Å²) >= 11 is 0.